The number of hydrogen-bond acceptors (Lipinski definition) is 2. The lowest BCUT2D eigenvalue weighted by atomic mass is 9.85. The number of piperidine rings is 2. The lowest BCUT2D eigenvalue weighted by Gasteiger charge is -2.38. The fourth-order valence-corrected chi connectivity index (χ4v) is 4.18. The molecule has 1 unspecified atom stereocenters. The Bertz CT molecular complexity index is 495. The number of rotatable bonds is 3. The van der Waals surface area contributed by atoms with Crippen LogP contribution in [0.25, 0.3) is 0 Å². The maximum absolute atomic E-state index is 12.5. The lowest BCUT2D eigenvalue weighted by Crippen LogP contribution is -2.46. The van der Waals surface area contributed by atoms with E-state index >= 15 is 0 Å². The third kappa shape index (κ3) is 4.11. The van der Waals surface area contributed by atoms with Gasteiger partial charge in [-0.25, -0.2) is 4.79 Å². The van der Waals surface area contributed by atoms with Crippen molar-refractivity contribution in [3.05, 3.63) is 11.8 Å². The predicted molar refractivity (Wildman–Crippen MR) is 94.4 cm³/mol. The first-order valence-corrected chi connectivity index (χ1v) is 9.68. The quantitative estimate of drug-likeness (QED) is 0.863. The summed E-state index contributed by atoms with van der Waals surface area (Å²) in [6, 6.07) is -0.0204. The van der Waals surface area contributed by atoms with Crippen LogP contribution in [0.4, 0.5) is 4.79 Å². The van der Waals surface area contributed by atoms with Gasteiger partial charge in [0.15, 0.2) is 0 Å². The fourth-order valence-electron chi connectivity index (χ4n) is 4.18. The van der Waals surface area contributed by atoms with Crippen LogP contribution in [-0.4, -0.2) is 47.9 Å². The van der Waals surface area contributed by atoms with Gasteiger partial charge < -0.3 is 10.2 Å². The van der Waals surface area contributed by atoms with Crippen LogP contribution in [-0.2, 0) is 4.79 Å². The molecular formula is C19H31N3O2. The average molecular weight is 333 g/mol. The van der Waals surface area contributed by atoms with E-state index in [4.69, 9.17) is 0 Å². The highest BCUT2D eigenvalue weighted by Gasteiger charge is 2.30. The van der Waals surface area contributed by atoms with Gasteiger partial charge in [-0.15, -0.1) is 0 Å². The maximum Gasteiger partial charge on any atom is 0.321 e. The second-order valence-electron chi connectivity index (χ2n) is 7.60. The molecule has 0 radical (unpaired) electrons. The molecule has 134 valence electrons. The van der Waals surface area contributed by atoms with Crippen molar-refractivity contribution in [2.75, 3.05) is 26.2 Å². The van der Waals surface area contributed by atoms with E-state index in [0.29, 0.717) is 18.9 Å². The minimum Gasteiger partial charge on any atom is -0.343 e. The topological polar surface area (TPSA) is 52.7 Å². The van der Waals surface area contributed by atoms with Crippen LogP contribution >= 0.6 is 0 Å². The summed E-state index contributed by atoms with van der Waals surface area (Å²) in [4.78, 5) is 28.6. The molecule has 1 N–H and O–H groups in total. The Kier molecular flexibility index (Phi) is 5.80. The van der Waals surface area contributed by atoms with E-state index in [-0.39, 0.29) is 11.9 Å². The van der Waals surface area contributed by atoms with Crippen molar-refractivity contribution in [2.24, 2.45) is 11.8 Å². The van der Waals surface area contributed by atoms with Gasteiger partial charge in [0.25, 0.3) is 0 Å². The van der Waals surface area contributed by atoms with Crippen LogP contribution in [0.1, 0.15) is 58.3 Å². The van der Waals surface area contributed by atoms with Crippen LogP contribution in [0.3, 0.4) is 0 Å². The first-order chi connectivity index (χ1) is 11.6. The number of nitrogens with one attached hydrogen (secondary N) is 1. The highest BCUT2D eigenvalue weighted by atomic mass is 16.2. The summed E-state index contributed by atoms with van der Waals surface area (Å²) >= 11 is 0. The molecule has 0 bridgehead atoms. The Morgan fingerprint density at radius 3 is 2.67 bits per heavy atom. The Labute approximate surface area is 145 Å². The third-order valence-corrected chi connectivity index (χ3v) is 5.77. The Morgan fingerprint density at radius 2 is 1.88 bits per heavy atom. The zero-order valence-electron chi connectivity index (χ0n) is 14.9. The summed E-state index contributed by atoms with van der Waals surface area (Å²) in [5.41, 5.74) is 1.22. The second kappa shape index (κ2) is 8.04. The van der Waals surface area contributed by atoms with E-state index in [0.717, 1.165) is 51.2 Å². The molecule has 2 fully saturated rings. The summed E-state index contributed by atoms with van der Waals surface area (Å²) < 4.78 is 0. The van der Waals surface area contributed by atoms with Crippen LogP contribution in [0.15, 0.2) is 11.8 Å². The van der Waals surface area contributed by atoms with E-state index in [1.54, 1.807) is 0 Å². The van der Waals surface area contributed by atoms with Crippen LogP contribution < -0.4 is 5.32 Å². The molecular weight excluding hydrogens is 302 g/mol. The number of carbonyl (C=O) groups excluding carboxylic acids is 2. The number of allylic oxidation sites excluding steroid dienone is 2. The molecule has 0 aromatic rings. The molecule has 0 spiro atoms. The summed E-state index contributed by atoms with van der Waals surface area (Å²) in [6.07, 6.45) is 10.7. The molecule has 24 heavy (non-hydrogen) atoms. The smallest absolute Gasteiger partial charge is 0.321 e. The average Bonchev–Trinajstić information content (AvgIpc) is 2.61. The van der Waals surface area contributed by atoms with Gasteiger partial charge in [-0.3, -0.25) is 9.69 Å². The van der Waals surface area contributed by atoms with Crippen molar-refractivity contribution in [1.82, 2.24) is 15.1 Å². The van der Waals surface area contributed by atoms with Crippen LogP contribution in [0.5, 0.6) is 0 Å². The number of amides is 3. The fraction of sp³-hybridized carbons (Fsp3) is 0.789. The summed E-state index contributed by atoms with van der Waals surface area (Å²) in [5.74, 6) is 1.47. The predicted octanol–water partition coefficient (Wildman–Crippen LogP) is 3.12. The van der Waals surface area contributed by atoms with E-state index in [9.17, 15) is 9.59 Å². The van der Waals surface area contributed by atoms with Gasteiger partial charge in [-0.1, -0.05) is 13.0 Å². The molecule has 1 atom stereocenters. The van der Waals surface area contributed by atoms with Gasteiger partial charge in [0, 0.05) is 38.3 Å². The summed E-state index contributed by atoms with van der Waals surface area (Å²) in [7, 11) is 0. The molecule has 2 saturated heterocycles. The SMILES string of the molecule is CC1CCN(C(=O)CCNC(=O)N2CCCC3CCCC=C32)CC1. The number of nitrogens with zero attached hydrogens (tertiary/aromatic N) is 2. The highest BCUT2D eigenvalue weighted by Crippen LogP contribution is 2.34. The minimum atomic E-state index is -0.0204. The van der Waals surface area contributed by atoms with Crippen molar-refractivity contribution in [3.63, 3.8) is 0 Å². The van der Waals surface area contributed by atoms with Crippen molar-refractivity contribution in [1.29, 1.82) is 0 Å². The Hall–Kier alpha value is -1.52. The molecule has 3 aliphatic rings. The van der Waals surface area contributed by atoms with Gasteiger partial charge in [0.1, 0.15) is 0 Å². The molecule has 3 amide bonds. The Balaban J connectivity index is 1.43. The minimum absolute atomic E-state index is 0.0204. The standard InChI is InChI=1S/C19H31N3O2/c1-15-9-13-21(14-10-15)18(23)8-11-20-19(24)22-12-4-6-16-5-2-3-7-17(16)22/h7,15-16H,2-6,8-14H2,1H3,(H,20,24). The summed E-state index contributed by atoms with van der Waals surface area (Å²) in [5, 5.41) is 2.96. The van der Waals surface area contributed by atoms with Crippen LogP contribution in [0.2, 0.25) is 0 Å². The van der Waals surface area contributed by atoms with Crippen molar-refractivity contribution < 1.29 is 9.59 Å². The Morgan fingerprint density at radius 1 is 1.12 bits per heavy atom. The van der Waals surface area contributed by atoms with Gasteiger partial charge >= 0.3 is 6.03 Å². The first-order valence-electron chi connectivity index (χ1n) is 9.68. The van der Waals surface area contributed by atoms with Gasteiger partial charge in [0.2, 0.25) is 5.91 Å². The van der Waals surface area contributed by atoms with Crippen LogP contribution in [0, 0.1) is 11.8 Å². The van der Waals surface area contributed by atoms with Gasteiger partial charge in [0.05, 0.1) is 0 Å². The second-order valence-corrected chi connectivity index (χ2v) is 7.60. The van der Waals surface area contributed by atoms with E-state index in [2.05, 4.69) is 18.3 Å². The molecule has 0 aromatic heterocycles. The zero-order valence-corrected chi connectivity index (χ0v) is 14.9. The number of fused-ring (bicyclic) bond motifs is 1. The lowest BCUT2D eigenvalue weighted by molar-refractivity contribution is -0.132. The molecule has 0 saturated carbocycles. The molecule has 5 nitrogen and oxygen atoms in total. The first kappa shape index (κ1) is 17.3. The number of urea groups is 1. The molecule has 2 heterocycles. The van der Waals surface area contributed by atoms with E-state index in [1.807, 2.05) is 9.80 Å². The molecule has 2 aliphatic heterocycles. The monoisotopic (exact) mass is 333 g/mol. The molecule has 5 heteroatoms. The van der Waals surface area contributed by atoms with Gasteiger partial charge in [-0.2, -0.15) is 0 Å². The van der Waals surface area contributed by atoms with E-state index < -0.39 is 0 Å². The largest absolute Gasteiger partial charge is 0.343 e. The number of hydrogen-bond donors (Lipinski definition) is 1. The molecule has 3 rings (SSSR count). The highest BCUT2D eigenvalue weighted by molar-refractivity contribution is 5.79. The number of carbonyl (C=O) groups is 2. The van der Waals surface area contributed by atoms with Crippen molar-refractivity contribution in [2.45, 2.75) is 58.3 Å². The van der Waals surface area contributed by atoms with E-state index in [1.165, 1.54) is 25.0 Å². The normalized spacial score (nSPS) is 25.0. The van der Waals surface area contributed by atoms with Crippen molar-refractivity contribution >= 4 is 11.9 Å². The number of likely N-dealkylation sites (tertiary alicyclic amines) is 2. The zero-order chi connectivity index (χ0) is 16.9. The third-order valence-electron chi connectivity index (χ3n) is 5.77. The van der Waals surface area contributed by atoms with Gasteiger partial charge in [-0.05, 0) is 56.8 Å². The summed E-state index contributed by atoms with van der Waals surface area (Å²) in [6.45, 7) is 5.24. The molecule has 0 aromatic carbocycles. The maximum atomic E-state index is 12.5. The molecule has 1 aliphatic carbocycles. The van der Waals surface area contributed by atoms with Crippen molar-refractivity contribution in [3.8, 4) is 0 Å².